The molecule has 7 nitrogen and oxygen atoms in total. The Labute approximate surface area is 128 Å². The van der Waals surface area contributed by atoms with Gasteiger partial charge in [0.05, 0.1) is 24.5 Å². The maximum Gasteiger partial charge on any atom is 0.254 e. The van der Waals surface area contributed by atoms with Crippen LogP contribution in [0.1, 0.15) is 31.2 Å². The summed E-state index contributed by atoms with van der Waals surface area (Å²) in [5, 5.41) is 10.2. The second-order valence-corrected chi connectivity index (χ2v) is 6.03. The lowest BCUT2D eigenvalue weighted by molar-refractivity contribution is -0.179. The molecule has 3 rings (SSSR count). The first kappa shape index (κ1) is 15.2. The van der Waals surface area contributed by atoms with Gasteiger partial charge in [0, 0.05) is 31.5 Å². The van der Waals surface area contributed by atoms with E-state index in [2.05, 4.69) is 9.97 Å². The number of aromatic amines is 1. The summed E-state index contributed by atoms with van der Waals surface area (Å²) in [5.41, 5.74) is -0.384. The van der Waals surface area contributed by atoms with Gasteiger partial charge in [-0.2, -0.15) is 0 Å². The lowest BCUT2D eigenvalue weighted by Crippen LogP contribution is -2.56. The maximum absolute atomic E-state index is 12.3. The summed E-state index contributed by atoms with van der Waals surface area (Å²) in [5.74, 6) is -0.0846. The Balaban J connectivity index is 1.60. The van der Waals surface area contributed by atoms with Crippen molar-refractivity contribution in [1.29, 1.82) is 0 Å². The molecule has 1 spiro atoms. The van der Waals surface area contributed by atoms with Crippen molar-refractivity contribution in [2.45, 2.75) is 43.8 Å². The Kier molecular flexibility index (Phi) is 4.26. The molecule has 7 heteroatoms. The summed E-state index contributed by atoms with van der Waals surface area (Å²) in [7, 11) is 0. The van der Waals surface area contributed by atoms with E-state index in [-0.39, 0.29) is 17.9 Å². The SMILES string of the molecule is O=C(Cc1cnc[nH]c1=O)N1CCC2(CC1)OCCCC2O. The van der Waals surface area contributed by atoms with Gasteiger partial charge >= 0.3 is 0 Å². The number of aliphatic hydroxyl groups is 1. The minimum absolute atomic E-state index is 0.0551. The molecule has 0 saturated carbocycles. The summed E-state index contributed by atoms with van der Waals surface area (Å²) >= 11 is 0. The van der Waals surface area contributed by atoms with Crippen LogP contribution in [0.5, 0.6) is 0 Å². The zero-order valence-electron chi connectivity index (χ0n) is 12.5. The lowest BCUT2D eigenvalue weighted by atomic mass is 9.82. The number of carbonyl (C=O) groups is 1. The third-order valence-electron chi connectivity index (χ3n) is 4.72. The summed E-state index contributed by atoms with van der Waals surface area (Å²) in [6, 6.07) is 0. The molecule has 2 aliphatic rings. The van der Waals surface area contributed by atoms with Crippen molar-refractivity contribution in [3.05, 3.63) is 28.4 Å². The van der Waals surface area contributed by atoms with Gasteiger partial charge in [-0.05, 0) is 25.7 Å². The van der Waals surface area contributed by atoms with Crippen molar-refractivity contribution in [3.8, 4) is 0 Å². The minimum atomic E-state index is -0.485. The molecule has 0 aromatic carbocycles. The molecule has 0 bridgehead atoms. The molecule has 3 heterocycles. The van der Waals surface area contributed by atoms with Crippen LogP contribution in [0.4, 0.5) is 0 Å². The molecular weight excluding hydrogens is 286 g/mol. The van der Waals surface area contributed by atoms with Crippen molar-refractivity contribution in [2.24, 2.45) is 0 Å². The highest BCUT2D eigenvalue weighted by Crippen LogP contribution is 2.35. The fourth-order valence-corrected chi connectivity index (χ4v) is 3.30. The van der Waals surface area contributed by atoms with E-state index >= 15 is 0 Å². The number of hydrogen-bond acceptors (Lipinski definition) is 5. The number of H-pyrrole nitrogens is 1. The van der Waals surface area contributed by atoms with E-state index in [1.807, 2.05) is 0 Å². The first-order valence-electron chi connectivity index (χ1n) is 7.72. The number of piperidine rings is 1. The average molecular weight is 307 g/mol. The Morgan fingerprint density at radius 1 is 1.50 bits per heavy atom. The van der Waals surface area contributed by atoms with Crippen LogP contribution >= 0.6 is 0 Å². The van der Waals surface area contributed by atoms with E-state index < -0.39 is 11.7 Å². The van der Waals surface area contributed by atoms with Crippen molar-refractivity contribution >= 4 is 5.91 Å². The number of nitrogens with one attached hydrogen (secondary N) is 1. The van der Waals surface area contributed by atoms with Gasteiger partial charge in [0.1, 0.15) is 0 Å². The number of aliphatic hydroxyl groups excluding tert-OH is 1. The molecule has 0 aliphatic carbocycles. The van der Waals surface area contributed by atoms with Crippen LogP contribution in [-0.4, -0.2) is 57.3 Å². The molecule has 2 saturated heterocycles. The molecule has 2 fully saturated rings. The van der Waals surface area contributed by atoms with E-state index in [0.29, 0.717) is 38.1 Å². The number of ether oxygens (including phenoxy) is 1. The van der Waals surface area contributed by atoms with Crippen LogP contribution < -0.4 is 5.56 Å². The van der Waals surface area contributed by atoms with Crippen LogP contribution in [0.3, 0.4) is 0 Å². The standard InChI is InChI=1S/C15H21N3O4/c19-12-2-1-7-22-15(12)3-5-18(6-4-15)13(20)8-11-9-16-10-17-14(11)21/h9-10,12,19H,1-8H2,(H,16,17,21). The van der Waals surface area contributed by atoms with Crippen molar-refractivity contribution in [2.75, 3.05) is 19.7 Å². The fourth-order valence-electron chi connectivity index (χ4n) is 3.30. The monoisotopic (exact) mass is 307 g/mol. The van der Waals surface area contributed by atoms with E-state index in [1.54, 1.807) is 4.90 Å². The van der Waals surface area contributed by atoms with E-state index in [4.69, 9.17) is 4.74 Å². The highest BCUT2D eigenvalue weighted by Gasteiger charge is 2.44. The number of likely N-dealkylation sites (tertiary alicyclic amines) is 1. The maximum atomic E-state index is 12.3. The van der Waals surface area contributed by atoms with E-state index in [1.165, 1.54) is 12.5 Å². The Morgan fingerprint density at radius 3 is 2.95 bits per heavy atom. The Hall–Kier alpha value is -1.73. The number of amides is 1. The quantitative estimate of drug-likeness (QED) is 0.792. The van der Waals surface area contributed by atoms with Crippen LogP contribution in [0.25, 0.3) is 0 Å². The lowest BCUT2D eigenvalue weighted by Gasteiger charge is -2.46. The molecular formula is C15H21N3O4. The van der Waals surface area contributed by atoms with Gasteiger partial charge in [0.15, 0.2) is 0 Å². The van der Waals surface area contributed by atoms with Gasteiger partial charge in [0.2, 0.25) is 5.91 Å². The van der Waals surface area contributed by atoms with Gasteiger partial charge in [-0.3, -0.25) is 9.59 Å². The number of hydrogen-bond donors (Lipinski definition) is 2. The van der Waals surface area contributed by atoms with E-state index in [9.17, 15) is 14.7 Å². The molecule has 22 heavy (non-hydrogen) atoms. The molecule has 1 aromatic rings. The smallest absolute Gasteiger partial charge is 0.254 e. The number of rotatable bonds is 2. The van der Waals surface area contributed by atoms with Gasteiger partial charge in [0.25, 0.3) is 5.56 Å². The molecule has 1 unspecified atom stereocenters. The second-order valence-electron chi connectivity index (χ2n) is 6.03. The molecule has 2 N–H and O–H groups in total. The minimum Gasteiger partial charge on any atom is -0.390 e. The molecule has 1 amide bonds. The zero-order chi connectivity index (χ0) is 15.6. The third-order valence-corrected chi connectivity index (χ3v) is 4.72. The number of aromatic nitrogens is 2. The van der Waals surface area contributed by atoms with Crippen LogP contribution in [-0.2, 0) is 16.0 Å². The van der Waals surface area contributed by atoms with Crippen LogP contribution in [0.2, 0.25) is 0 Å². The number of nitrogens with zero attached hydrogens (tertiary/aromatic N) is 2. The van der Waals surface area contributed by atoms with Gasteiger partial charge in [-0.1, -0.05) is 0 Å². The summed E-state index contributed by atoms with van der Waals surface area (Å²) in [6.45, 7) is 1.78. The van der Waals surface area contributed by atoms with Gasteiger partial charge in [-0.25, -0.2) is 4.98 Å². The fraction of sp³-hybridized carbons (Fsp3) is 0.667. The molecule has 1 aromatic heterocycles. The predicted octanol–water partition coefficient (Wildman–Crippen LogP) is -0.155. The van der Waals surface area contributed by atoms with Gasteiger partial charge in [-0.15, -0.1) is 0 Å². The van der Waals surface area contributed by atoms with Crippen molar-refractivity contribution in [1.82, 2.24) is 14.9 Å². The topological polar surface area (TPSA) is 95.5 Å². The zero-order valence-corrected chi connectivity index (χ0v) is 12.5. The molecule has 0 radical (unpaired) electrons. The average Bonchev–Trinajstić information content (AvgIpc) is 2.53. The van der Waals surface area contributed by atoms with E-state index in [0.717, 1.165) is 12.8 Å². The summed E-state index contributed by atoms with van der Waals surface area (Å²) in [6.07, 6.45) is 5.28. The molecule has 2 aliphatic heterocycles. The van der Waals surface area contributed by atoms with Crippen molar-refractivity contribution < 1.29 is 14.6 Å². The first-order valence-corrected chi connectivity index (χ1v) is 7.72. The first-order chi connectivity index (χ1) is 10.6. The van der Waals surface area contributed by atoms with Gasteiger partial charge < -0.3 is 19.7 Å². The van der Waals surface area contributed by atoms with Crippen molar-refractivity contribution in [3.63, 3.8) is 0 Å². The molecule has 1 atom stereocenters. The second kappa shape index (κ2) is 6.18. The summed E-state index contributed by atoms with van der Waals surface area (Å²) < 4.78 is 5.83. The largest absolute Gasteiger partial charge is 0.390 e. The Bertz CT molecular complexity index is 592. The Morgan fingerprint density at radius 2 is 2.27 bits per heavy atom. The third kappa shape index (κ3) is 2.91. The van der Waals surface area contributed by atoms with Crippen LogP contribution in [0, 0.1) is 0 Å². The van der Waals surface area contributed by atoms with Crippen LogP contribution in [0.15, 0.2) is 17.3 Å². The highest BCUT2D eigenvalue weighted by molar-refractivity contribution is 5.78. The highest BCUT2D eigenvalue weighted by atomic mass is 16.5. The number of carbonyl (C=O) groups excluding carboxylic acids is 1. The predicted molar refractivity (Wildman–Crippen MR) is 78.3 cm³/mol. The normalized spacial score (nSPS) is 24.4. The molecule has 120 valence electrons. The summed E-state index contributed by atoms with van der Waals surface area (Å²) in [4.78, 5) is 32.0.